The summed E-state index contributed by atoms with van der Waals surface area (Å²) in [6.45, 7) is 3.07. The number of amides is 1. The van der Waals surface area contributed by atoms with Crippen LogP contribution in [-0.4, -0.2) is 54.9 Å². The lowest BCUT2D eigenvalue weighted by atomic mass is 10.3. The molecule has 0 saturated heterocycles. The van der Waals surface area contributed by atoms with Gasteiger partial charge in [0.15, 0.2) is 11.6 Å². The molecule has 1 aromatic rings. The average Bonchev–Trinajstić information content (AvgIpc) is 2.44. The minimum absolute atomic E-state index is 0.353. The van der Waals surface area contributed by atoms with Crippen molar-refractivity contribution in [2.24, 2.45) is 4.99 Å². The Balaban J connectivity index is 2.75. The van der Waals surface area contributed by atoms with Crippen molar-refractivity contribution in [3.05, 3.63) is 18.3 Å². The van der Waals surface area contributed by atoms with Crippen molar-refractivity contribution < 1.29 is 9.53 Å². The summed E-state index contributed by atoms with van der Waals surface area (Å²) < 4.78 is 5.21. The smallest absolute Gasteiger partial charge is 0.406 e. The van der Waals surface area contributed by atoms with Gasteiger partial charge in [-0.05, 0) is 18.6 Å². The second-order valence-electron chi connectivity index (χ2n) is 4.67. The molecule has 0 aliphatic heterocycles. The maximum atomic E-state index is 11.6. The zero-order valence-electron chi connectivity index (χ0n) is 12.5. The van der Waals surface area contributed by atoms with Gasteiger partial charge in [-0.25, -0.2) is 14.8 Å². The van der Waals surface area contributed by atoms with E-state index in [1.54, 1.807) is 38.8 Å². The SMILES string of the molecule is CCCCN(C)C=Nc1ncccc1OC(=O)N(C)C. The van der Waals surface area contributed by atoms with Gasteiger partial charge in [0.1, 0.15) is 0 Å². The molecule has 1 aromatic heterocycles. The van der Waals surface area contributed by atoms with Crippen LogP contribution in [-0.2, 0) is 0 Å². The van der Waals surface area contributed by atoms with Crippen LogP contribution in [0.15, 0.2) is 23.3 Å². The van der Waals surface area contributed by atoms with Crippen molar-refractivity contribution in [1.82, 2.24) is 14.8 Å². The maximum Gasteiger partial charge on any atom is 0.414 e. The summed E-state index contributed by atoms with van der Waals surface area (Å²) in [5, 5.41) is 0. The van der Waals surface area contributed by atoms with Crippen molar-refractivity contribution in [3.63, 3.8) is 0 Å². The lowest BCUT2D eigenvalue weighted by Gasteiger charge is -2.13. The second-order valence-corrected chi connectivity index (χ2v) is 4.67. The molecule has 0 radical (unpaired) electrons. The fraction of sp³-hybridized carbons (Fsp3) is 0.500. The van der Waals surface area contributed by atoms with Crippen LogP contribution in [0.1, 0.15) is 19.8 Å². The molecule has 1 amide bonds. The quantitative estimate of drug-likeness (QED) is 0.592. The number of hydrogen-bond donors (Lipinski definition) is 0. The molecule has 0 unspecified atom stereocenters. The van der Waals surface area contributed by atoms with Crippen LogP contribution in [0.3, 0.4) is 0 Å². The molecule has 20 heavy (non-hydrogen) atoms. The number of carbonyl (C=O) groups excluding carboxylic acids is 1. The molecule has 0 atom stereocenters. The monoisotopic (exact) mass is 278 g/mol. The number of hydrogen-bond acceptors (Lipinski definition) is 4. The van der Waals surface area contributed by atoms with E-state index in [1.807, 2.05) is 11.9 Å². The highest BCUT2D eigenvalue weighted by atomic mass is 16.6. The summed E-state index contributed by atoms with van der Waals surface area (Å²) in [5.74, 6) is 0.748. The molecule has 6 heteroatoms. The largest absolute Gasteiger partial charge is 0.414 e. The van der Waals surface area contributed by atoms with Gasteiger partial charge in [-0.15, -0.1) is 0 Å². The van der Waals surface area contributed by atoms with Crippen LogP contribution in [0, 0.1) is 0 Å². The molecule has 1 heterocycles. The molecule has 0 bridgehead atoms. The molecule has 1 rings (SSSR count). The molecule has 0 spiro atoms. The average molecular weight is 278 g/mol. The van der Waals surface area contributed by atoms with E-state index in [1.165, 1.54) is 4.90 Å². The van der Waals surface area contributed by atoms with Crippen molar-refractivity contribution in [3.8, 4) is 5.75 Å². The van der Waals surface area contributed by atoms with Crippen LogP contribution in [0.25, 0.3) is 0 Å². The van der Waals surface area contributed by atoms with E-state index in [0.29, 0.717) is 11.6 Å². The summed E-state index contributed by atoms with van der Waals surface area (Å²) in [4.78, 5) is 23.3. The summed E-state index contributed by atoms with van der Waals surface area (Å²) >= 11 is 0. The second kappa shape index (κ2) is 8.14. The Morgan fingerprint density at radius 2 is 2.20 bits per heavy atom. The Bertz CT molecular complexity index is 460. The van der Waals surface area contributed by atoms with Crippen LogP contribution < -0.4 is 4.74 Å². The summed E-state index contributed by atoms with van der Waals surface area (Å²) in [6, 6.07) is 3.38. The zero-order chi connectivity index (χ0) is 15.0. The van der Waals surface area contributed by atoms with E-state index in [9.17, 15) is 4.79 Å². The highest BCUT2D eigenvalue weighted by Crippen LogP contribution is 2.24. The van der Waals surface area contributed by atoms with E-state index in [4.69, 9.17) is 4.74 Å². The van der Waals surface area contributed by atoms with Gasteiger partial charge >= 0.3 is 6.09 Å². The van der Waals surface area contributed by atoms with Crippen LogP contribution >= 0.6 is 0 Å². The molecule has 0 aliphatic carbocycles. The van der Waals surface area contributed by atoms with Crippen molar-refractivity contribution >= 4 is 18.2 Å². The fourth-order valence-corrected chi connectivity index (χ4v) is 1.36. The molecule has 0 N–H and O–H groups in total. The number of aromatic nitrogens is 1. The van der Waals surface area contributed by atoms with Crippen LogP contribution in [0.4, 0.5) is 10.6 Å². The van der Waals surface area contributed by atoms with Gasteiger partial charge in [-0.3, -0.25) is 0 Å². The van der Waals surface area contributed by atoms with E-state index < -0.39 is 6.09 Å². The molecular formula is C14H22N4O2. The number of pyridine rings is 1. The minimum atomic E-state index is -0.450. The number of nitrogens with zero attached hydrogens (tertiary/aromatic N) is 4. The number of unbranched alkanes of at least 4 members (excludes halogenated alkanes) is 1. The van der Waals surface area contributed by atoms with E-state index in [2.05, 4.69) is 16.9 Å². The van der Waals surface area contributed by atoms with Crippen LogP contribution in [0.5, 0.6) is 5.75 Å². The first-order valence-electron chi connectivity index (χ1n) is 6.63. The Hall–Kier alpha value is -2.11. The Labute approximate surface area is 120 Å². The molecule has 0 aliphatic rings. The van der Waals surface area contributed by atoms with Gasteiger partial charge < -0.3 is 14.5 Å². The topological polar surface area (TPSA) is 58.0 Å². The lowest BCUT2D eigenvalue weighted by Crippen LogP contribution is -2.25. The third-order valence-electron chi connectivity index (χ3n) is 2.55. The molecule has 6 nitrogen and oxygen atoms in total. The predicted octanol–water partition coefficient (Wildman–Crippen LogP) is 2.53. The van der Waals surface area contributed by atoms with Gasteiger partial charge in [-0.2, -0.15) is 0 Å². The molecule has 0 aromatic carbocycles. The summed E-state index contributed by atoms with van der Waals surface area (Å²) in [7, 11) is 5.20. The summed E-state index contributed by atoms with van der Waals surface area (Å²) in [6.07, 6.45) is 5.10. The van der Waals surface area contributed by atoms with Crippen molar-refractivity contribution in [2.45, 2.75) is 19.8 Å². The number of ether oxygens (including phenoxy) is 1. The number of carbonyl (C=O) groups is 1. The first-order chi connectivity index (χ1) is 9.54. The highest BCUT2D eigenvalue weighted by Gasteiger charge is 2.10. The Morgan fingerprint density at radius 3 is 2.85 bits per heavy atom. The lowest BCUT2D eigenvalue weighted by molar-refractivity contribution is 0.172. The first kappa shape index (κ1) is 15.9. The van der Waals surface area contributed by atoms with E-state index >= 15 is 0 Å². The van der Waals surface area contributed by atoms with Gasteiger partial charge in [-0.1, -0.05) is 13.3 Å². The van der Waals surface area contributed by atoms with Gasteiger partial charge in [0, 0.05) is 33.9 Å². The summed E-state index contributed by atoms with van der Waals surface area (Å²) in [5.41, 5.74) is 0. The van der Waals surface area contributed by atoms with Crippen molar-refractivity contribution in [1.29, 1.82) is 0 Å². The maximum absolute atomic E-state index is 11.6. The molecule has 0 saturated carbocycles. The zero-order valence-corrected chi connectivity index (χ0v) is 12.5. The molecular weight excluding hydrogens is 256 g/mol. The molecule has 0 fully saturated rings. The Morgan fingerprint density at radius 1 is 1.45 bits per heavy atom. The fourth-order valence-electron chi connectivity index (χ4n) is 1.36. The predicted molar refractivity (Wildman–Crippen MR) is 79.6 cm³/mol. The van der Waals surface area contributed by atoms with E-state index in [0.717, 1.165) is 19.4 Å². The third-order valence-corrected chi connectivity index (χ3v) is 2.55. The minimum Gasteiger partial charge on any atom is -0.406 e. The Kier molecular flexibility index (Phi) is 6.49. The normalized spacial score (nSPS) is 10.6. The van der Waals surface area contributed by atoms with Crippen molar-refractivity contribution in [2.75, 3.05) is 27.7 Å². The number of aliphatic imine (C=N–C) groups is 1. The molecule has 110 valence electrons. The third kappa shape index (κ3) is 5.26. The number of rotatable bonds is 6. The first-order valence-corrected chi connectivity index (χ1v) is 6.63. The van der Waals surface area contributed by atoms with Gasteiger partial charge in [0.25, 0.3) is 0 Å². The standard InChI is InChI=1S/C14H22N4O2/c1-5-6-10-18(4)11-16-13-12(8-7-9-15-13)20-14(19)17(2)3/h7-9,11H,5-6,10H2,1-4H3. The van der Waals surface area contributed by atoms with Gasteiger partial charge in [0.05, 0.1) is 6.34 Å². The van der Waals surface area contributed by atoms with Gasteiger partial charge in [0.2, 0.25) is 0 Å². The van der Waals surface area contributed by atoms with Crippen LogP contribution in [0.2, 0.25) is 0 Å². The highest BCUT2D eigenvalue weighted by molar-refractivity contribution is 5.72. The van der Waals surface area contributed by atoms with E-state index in [-0.39, 0.29) is 0 Å².